The summed E-state index contributed by atoms with van der Waals surface area (Å²) in [4.78, 5) is 8.71. The zero-order valence-corrected chi connectivity index (χ0v) is 14.8. The fourth-order valence-electron chi connectivity index (χ4n) is 3.06. The molecule has 1 aliphatic rings. The van der Waals surface area contributed by atoms with Gasteiger partial charge in [0.1, 0.15) is 11.7 Å². The predicted octanol–water partition coefficient (Wildman–Crippen LogP) is 2.01. The van der Waals surface area contributed by atoms with Crippen molar-refractivity contribution in [1.82, 2.24) is 14.5 Å². The molecular weight excluding hydrogens is 311 g/mol. The number of nitrogen functional groups attached to an aromatic ring is 1. The number of rotatable bonds is 4. The minimum atomic E-state index is -1.13. The van der Waals surface area contributed by atoms with Gasteiger partial charge in [0.15, 0.2) is 5.65 Å². The molecule has 4 atom stereocenters. The molecule has 3 N–H and O–H groups in total. The van der Waals surface area contributed by atoms with E-state index in [0.29, 0.717) is 16.9 Å². The monoisotopic (exact) mass is 336 g/mol. The van der Waals surface area contributed by atoms with Crippen LogP contribution in [0.5, 0.6) is 0 Å². The van der Waals surface area contributed by atoms with Crippen LogP contribution in [0.1, 0.15) is 19.6 Å². The second-order valence-electron chi connectivity index (χ2n) is 7.09. The number of fused-ring (bicyclic) bond motifs is 1. The van der Waals surface area contributed by atoms with E-state index in [0.717, 1.165) is 12.6 Å². The van der Waals surface area contributed by atoms with E-state index in [1.807, 2.05) is 11.5 Å². The zero-order chi connectivity index (χ0) is 16.8. The van der Waals surface area contributed by atoms with Crippen LogP contribution in [-0.4, -0.2) is 57.6 Å². The molecule has 6 nitrogen and oxygen atoms in total. The molecular formula is C16H25N4O2P. The van der Waals surface area contributed by atoms with Crippen LogP contribution in [0.15, 0.2) is 18.6 Å². The molecule has 23 heavy (non-hydrogen) atoms. The fraction of sp³-hybridized carbons (Fsp3) is 0.562. The number of nitrogens with zero attached hydrogens (tertiary/aromatic N) is 3. The topological polar surface area (TPSA) is 86.2 Å². The molecule has 3 rings (SSSR count). The maximum atomic E-state index is 10.5. The highest BCUT2D eigenvalue weighted by Crippen LogP contribution is 2.41. The van der Waals surface area contributed by atoms with E-state index >= 15 is 0 Å². The first-order valence-electron chi connectivity index (χ1n) is 7.86. The van der Waals surface area contributed by atoms with Crippen molar-refractivity contribution in [3.05, 3.63) is 18.6 Å². The van der Waals surface area contributed by atoms with Crippen LogP contribution >= 0.6 is 6.89 Å². The molecule has 3 heterocycles. The number of imidazole rings is 1. The van der Waals surface area contributed by atoms with Crippen molar-refractivity contribution in [2.24, 2.45) is 5.92 Å². The molecule has 0 saturated carbocycles. The second-order valence-corrected chi connectivity index (χ2v) is 11.4. The van der Waals surface area contributed by atoms with Gasteiger partial charge >= 0.3 is 0 Å². The Balaban J connectivity index is 1.85. The van der Waals surface area contributed by atoms with Crippen molar-refractivity contribution in [2.75, 3.05) is 25.2 Å². The number of aromatic nitrogens is 3. The third kappa shape index (κ3) is 3.16. The molecule has 0 bridgehead atoms. The number of ether oxygens (including phenoxy) is 1. The van der Waals surface area contributed by atoms with Crippen LogP contribution < -0.4 is 5.73 Å². The molecule has 7 heteroatoms. The molecule has 1 fully saturated rings. The lowest BCUT2D eigenvalue weighted by atomic mass is 10.0. The second kappa shape index (κ2) is 5.93. The van der Waals surface area contributed by atoms with Gasteiger partial charge in [0.2, 0.25) is 0 Å². The summed E-state index contributed by atoms with van der Waals surface area (Å²) < 4.78 is 8.03. The Hall–Kier alpha value is -1.36. The van der Waals surface area contributed by atoms with Crippen LogP contribution in [0.3, 0.4) is 0 Å². The third-order valence-electron chi connectivity index (χ3n) is 4.47. The van der Waals surface area contributed by atoms with Gasteiger partial charge in [-0.15, -0.1) is 13.2 Å². The number of aliphatic hydroxyl groups excluding tert-OH is 1. The largest absolute Gasteiger partial charge is 0.397 e. The van der Waals surface area contributed by atoms with E-state index in [1.165, 1.54) is 0 Å². The van der Waals surface area contributed by atoms with E-state index in [4.69, 9.17) is 10.5 Å². The summed E-state index contributed by atoms with van der Waals surface area (Å²) >= 11 is 0. The lowest BCUT2D eigenvalue weighted by Gasteiger charge is -2.19. The van der Waals surface area contributed by atoms with Gasteiger partial charge in [-0.3, -0.25) is 4.57 Å². The Bertz CT molecular complexity index is 754. The Morgan fingerprint density at radius 2 is 2.17 bits per heavy atom. The summed E-state index contributed by atoms with van der Waals surface area (Å²) in [6.45, 7) is 5.27. The van der Waals surface area contributed by atoms with Gasteiger partial charge in [-0.05, 0) is 32.0 Å². The average Bonchev–Trinajstić information content (AvgIpc) is 3.01. The van der Waals surface area contributed by atoms with Crippen molar-refractivity contribution >= 4 is 30.0 Å². The van der Waals surface area contributed by atoms with Gasteiger partial charge in [0.05, 0.1) is 24.2 Å². The summed E-state index contributed by atoms with van der Waals surface area (Å²) in [7, 11) is 0. The SMILES string of the molecule is C=P(C)(C)CCC1O[C@@H](n2cnc3c(N)ccnc32)[C@H](C)[C@@H]1O. The first-order valence-corrected chi connectivity index (χ1v) is 10.9. The zero-order valence-electron chi connectivity index (χ0n) is 13.9. The van der Waals surface area contributed by atoms with Crippen LogP contribution in [0.2, 0.25) is 0 Å². The summed E-state index contributed by atoms with van der Waals surface area (Å²) in [6, 6.07) is 1.73. The number of hydrogen-bond donors (Lipinski definition) is 2. The highest BCUT2D eigenvalue weighted by molar-refractivity contribution is 7.72. The quantitative estimate of drug-likeness (QED) is 0.834. The minimum Gasteiger partial charge on any atom is -0.397 e. The smallest absolute Gasteiger partial charge is 0.164 e. The molecule has 0 amide bonds. The Morgan fingerprint density at radius 3 is 2.87 bits per heavy atom. The standard InChI is InChI=1S/C16H25N4O2P/c1-10-14(21)12(6-8-23(2,3)4)22-16(10)20-9-19-13-11(17)5-7-18-15(13)20/h5,7,9-10,12,14,16,21H,2,6,8H2,1,3-4H3,(H2,17,18)/t10-,12?,14+,16-/m1/s1. The average molecular weight is 336 g/mol. The lowest BCUT2D eigenvalue weighted by molar-refractivity contribution is -0.0206. The summed E-state index contributed by atoms with van der Waals surface area (Å²) in [5.74, 6) is -0.0353. The van der Waals surface area contributed by atoms with Crippen LogP contribution in [0.4, 0.5) is 5.69 Å². The van der Waals surface area contributed by atoms with Gasteiger partial charge < -0.3 is 15.6 Å². The first-order chi connectivity index (χ1) is 10.8. The molecule has 1 unspecified atom stereocenters. The normalized spacial score (nSPS) is 28.5. The first kappa shape index (κ1) is 16.5. The van der Waals surface area contributed by atoms with Crippen LogP contribution in [0.25, 0.3) is 11.2 Å². The Kier molecular flexibility index (Phi) is 4.25. The molecule has 2 aromatic rings. The molecule has 0 radical (unpaired) electrons. The minimum absolute atomic E-state index is 0.0353. The molecule has 1 aliphatic heterocycles. The van der Waals surface area contributed by atoms with Gasteiger partial charge in [-0.25, -0.2) is 9.97 Å². The number of anilines is 1. The highest BCUT2D eigenvalue weighted by atomic mass is 31.2. The molecule has 0 aliphatic carbocycles. The van der Waals surface area contributed by atoms with Gasteiger partial charge in [-0.1, -0.05) is 6.92 Å². The molecule has 2 aromatic heterocycles. The number of pyridine rings is 1. The molecule has 0 spiro atoms. The molecule has 1 saturated heterocycles. The third-order valence-corrected chi connectivity index (χ3v) is 5.94. The maximum absolute atomic E-state index is 10.5. The van der Waals surface area contributed by atoms with E-state index < -0.39 is 13.0 Å². The van der Waals surface area contributed by atoms with E-state index in [1.54, 1.807) is 18.6 Å². The van der Waals surface area contributed by atoms with E-state index in [9.17, 15) is 5.11 Å². The summed E-state index contributed by atoms with van der Waals surface area (Å²) in [6.07, 6.45) is 8.48. The van der Waals surface area contributed by atoms with E-state index in [2.05, 4.69) is 29.6 Å². The van der Waals surface area contributed by atoms with Crippen LogP contribution in [0, 0.1) is 5.92 Å². The van der Waals surface area contributed by atoms with Crippen molar-refractivity contribution < 1.29 is 9.84 Å². The predicted molar refractivity (Wildman–Crippen MR) is 96.4 cm³/mol. The van der Waals surface area contributed by atoms with Gasteiger partial charge in [0.25, 0.3) is 0 Å². The number of aliphatic hydroxyl groups is 1. The molecule has 126 valence electrons. The number of hydrogen-bond acceptors (Lipinski definition) is 5. The number of nitrogens with two attached hydrogens (primary N) is 1. The van der Waals surface area contributed by atoms with Crippen molar-refractivity contribution in [2.45, 2.75) is 31.8 Å². The lowest BCUT2D eigenvalue weighted by Crippen LogP contribution is -2.26. The molecule has 0 aromatic carbocycles. The van der Waals surface area contributed by atoms with Crippen molar-refractivity contribution in [1.29, 1.82) is 0 Å². The highest BCUT2D eigenvalue weighted by Gasteiger charge is 2.42. The van der Waals surface area contributed by atoms with Crippen molar-refractivity contribution in [3.63, 3.8) is 0 Å². The van der Waals surface area contributed by atoms with E-state index in [-0.39, 0.29) is 18.2 Å². The summed E-state index contributed by atoms with van der Waals surface area (Å²) in [5, 5.41) is 10.5. The van der Waals surface area contributed by atoms with Gasteiger partial charge in [-0.2, -0.15) is 0 Å². The Morgan fingerprint density at radius 1 is 1.43 bits per heavy atom. The van der Waals surface area contributed by atoms with Crippen molar-refractivity contribution in [3.8, 4) is 0 Å². The Labute approximate surface area is 136 Å². The fourth-order valence-corrected chi connectivity index (χ4v) is 4.02. The van der Waals surface area contributed by atoms with Crippen LogP contribution in [-0.2, 0) is 4.74 Å². The summed E-state index contributed by atoms with van der Waals surface area (Å²) in [5.41, 5.74) is 7.91. The maximum Gasteiger partial charge on any atom is 0.164 e. The van der Waals surface area contributed by atoms with Gasteiger partial charge in [0, 0.05) is 12.1 Å².